The molecule has 0 aromatic carbocycles. The van der Waals surface area contributed by atoms with E-state index in [4.69, 9.17) is 0 Å². The van der Waals surface area contributed by atoms with Gasteiger partial charge in [-0.1, -0.05) is 0 Å². The molecule has 0 fully saturated rings. The maximum atomic E-state index is 11.5. The molecule has 5 nitrogen and oxygen atoms in total. The van der Waals surface area contributed by atoms with E-state index in [1.165, 1.54) is 0 Å². The van der Waals surface area contributed by atoms with Gasteiger partial charge in [0.25, 0.3) is 0 Å². The normalized spacial score (nSPS) is 13.8. The van der Waals surface area contributed by atoms with Crippen molar-refractivity contribution < 1.29 is 9.90 Å². The van der Waals surface area contributed by atoms with Crippen LogP contribution in [0.2, 0.25) is 0 Å². The summed E-state index contributed by atoms with van der Waals surface area (Å²) in [5.41, 5.74) is -0.179. The van der Waals surface area contributed by atoms with E-state index >= 15 is 0 Å². The van der Waals surface area contributed by atoms with Gasteiger partial charge >= 0.3 is 0 Å². The monoisotopic (exact) mass is 245 g/mol. The van der Waals surface area contributed by atoms with Gasteiger partial charge in [-0.25, -0.2) is 0 Å². The maximum absolute atomic E-state index is 11.5. The molecule has 0 heterocycles. The summed E-state index contributed by atoms with van der Waals surface area (Å²) in [5.74, 6) is 0.0344. The number of aliphatic hydroxyl groups is 1. The molecule has 0 aliphatic rings. The zero-order valence-corrected chi connectivity index (χ0v) is 11.7. The molecule has 5 heteroatoms. The first kappa shape index (κ1) is 16.4. The van der Waals surface area contributed by atoms with Crippen LogP contribution in [0.15, 0.2) is 0 Å². The second kappa shape index (κ2) is 7.63. The van der Waals surface area contributed by atoms with Gasteiger partial charge in [-0.05, 0) is 34.9 Å². The second-order valence-electron chi connectivity index (χ2n) is 5.67. The predicted octanol–water partition coefficient (Wildman–Crippen LogP) is -0.197. The molecule has 0 saturated heterocycles. The van der Waals surface area contributed by atoms with Crippen molar-refractivity contribution in [1.82, 2.24) is 15.5 Å². The number of amides is 1. The molecular weight excluding hydrogens is 218 g/mol. The summed E-state index contributed by atoms with van der Waals surface area (Å²) in [4.78, 5) is 13.4. The standard InChI is InChI=1S/C12H27N3O2/c1-12(2,3)14-11(17)6-7-13-8-10(16)9-15(4)5/h10,13,16H,6-9H2,1-5H3,(H,14,17). The van der Waals surface area contributed by atoms with Crippen LogP contribution in [0, 0.1) is 0 Å². The van der Waals surface area contributed by atoms with Crippen molar-refractivity contribution in [2.75, 3.05) is 33.7 Å². The highest BCUT2D eigenvalue weighted by molar-refractivity contribution is 5.76. The predicted molar refractivity (Wildman–Crippen MR) is 69.9 cm³/mol. The lowest BCUT2D eigenvalue weighted by molar-refractivity contribution is -0.122. The number of nitrogens with one attached hydrogen (secondary N) is 2. The van der Waals surface area contributed by atoms with Crippen molar-refractivity contribution in [3.8, 4) is 0 Å². The van der Waals surface area contributed by atoms with Crippen molar-refractivity contribution in [1.29, 1.82) is 0 Å². The lowest BCUT2D eigenvalue weighted by Gasteiger charge is -2.21. The molecule has 0 aliphatic carbocycles. The van der Waals surface area contributed by atoms with Gasteiger partial charge in [0, 0.05) is 31.6 Å². The fourth-order valence-electron chi connectivity index (χ4n) is 1.44. The minimum absolute atomic E-state index is 0.0344. The Kier molecular flexibility index (Phi) is 7.34. The van der Waals surface area contributed by atoms with Crippen LogP contribution in [0.4, 0.5) is 0 Å². The lowest BCUT2D eigenvalue weighted by atomic mass is 10.1. The Hall–Kier alpha value is -0.650. The number of rotatable bonds is 7. The van der Waals surface area contributed by atoms with Crippen LogP contribution >= 0.6 is 0 Å². The highest BCUT2D eigenvalue weighted by Gasteiger charge is 2.13. The first-order valence-corrected chi connectivity index (χ1v) is 6.05. The van der Waals surface area contributed by atoms with Crippen molar-refractivity contribution in [2.45, 2.75) is 38.8 Å². The Morgan fingerprint density at radius 1 is 1.35 bits per heavy atom. The zero-order chi connectivity index (χ0) is 13.5. The fourth-order valence-corrected chi connectivity index (χ4v) is 1.44. The SMILES string of the molecule is CN(C)CC(O)CNCCC(=O)NC(C)(C)C. The van der Waals surface area contributed by atoms with Gasteiger partial charge in [-0.2, -0.15) is 0 Å². The number of carbonyl (C=O) groups excluding carboxylic acids is 1. The third-order valence-corrected chi connectivity index (χ3v) is 2.00. The third-order valence-electron chi connectivity index (χ3n) is 2.00. The largest absolute Gasteiger partial charge is 0.390 e. The number of hydrogen-bond donors (Lipinski definition) is 3. The van der Waals surface area contributed by atoms with E-state index in [-0.39, 0.29) is 11.4 Å². The topological polar surface area (TPSA) is 64.6 Å². The van der Waals surface area contributed by atoms with E-state index in [0.717, 1.165) is 0 Å². The van der Waals surface area contributed by atoms with E-state index in [2.05, 4.69) is 10.6 Å². The van der Waals surface area contributed by atoms with Crippen LogP contribution in [-0.4, -0.2) is 61.3 Å². The van der Waals surface area contributed by atoms with Gasteiger partial charge in [0.05, 0.1) is 6.10 Å². The first-order valence-electron chi connectivity index (χ1n) is 6.05. The summed E-state index contributed by atoms with van der Waals surface area (Å²) < 4.78 is 0. The van der Waals surface area contributed by atoms with Crippen LogP contribution < -0.4 is 10.6 Å². The second-order valence-corrected chi connectivity index (χ2v) is 5.67. The summed E-state index contributed by atoms with van der Waals surface area (Å²) in [7, 11) is 3.83. The minimum atomic E-state index is -0.393. The molecule has 17 heavy (non-hydrogen) atoms. The highest BCUT2D eigenvalue weighted by Crippen LogP contribution is 1.98. The van der Waals surface area contributed by atoms with Gasteiger partial charge in [-0.15, -0.1) is 0 Å². The van der Waals surface area contributed by atoms with Gasteiger partial charge < -0.3 is 20.6 Å². The molecule has 1 amide bonds. The van der Waals surface area contributed by atoms with Crippen molar-refractivity contribution in [3.05, 3.63) is 0 Å². The maximum Gasteiger partial charge on any atom is 0.221 e. The fraction of sp³-hybridized carbons (Fsp3) is 0.917. The Morgan fingerprint density at radius 3 is 2.41 bits per heavy atom. The molecule has 0 aromatic rings. The van der Waals surface area contributed by atoms with E-state index < -0.39 is 6.10 Å². The summed E-state index contributed by atoms with van der Waals surface area (Å²) in [6, 6.07) is 0. The van der Waals surface area contributed by atoms with E-state index in [1.807, 2.05) is 39.8 Å². The Balaban J connectivity index is 3.55. The molecule has 102 valence electrons. The zero-order valence-electron chi connectivity index (χ0n) is 11.7. The highest BCUT2D eigenvalue weighted by atomic mass is 16.3. The van der Waals surface area contributed by atoms with Crippen LogP contribution in [0.25, 0.3) is 0 Å². The molecule has 0 bridgehead atoms. The molecule has 0 aliphatic heterocycles. The van der Waals surface area contributed by atoms with Crippen molar-refractivity contribution in [2.24, 2.45) is 0 Å². The molecule has 0 aromatic heterocycles. The van der Waals surface area contributed by atoms with Gasteiger partial charge in [0.2, 0.25) is 5.91 Å². The van der Waals surface area contributed by atoms with Crippen LogP contribution in [-0.2, 0) is 4.79 Å². The Bertz CT molecular complexity index is 224. The van der Waals surface area contributed by atoms with Gasteiger partial charge in [0.15, 0.2) is 0 Å². The van der Waals surface area contributed by atoms with Crippen LogP contribution in [0.3, 0.4) is 0 Å². The molecule has 1 unspecified atom stereocenters. The molecule has 1 atom stereocenters. The van der Waals surface area contributed by atoms with Crippen molar-refractivity contribution >= 4 is 5.91 Å². The molecule has 0 saturated carbocycles. The van der Waals surface area contributed by atoms with E-state index in [9.17, 15) is 9.90 Å². The van der Waals surface area contributed by atoms with E-state index in [1.54, 1.807) is 0 Å². The summed E-state index contributed by atoms with van der Waals surface area (Å²) in [5, 5.41) is 15.5. The van der Waals surface area contributed by atoms with Crippen LogP contribution in [0.1, 0.15) is 27.2 Å². The third kappa shape index (κ3) is 11.6. The summed E-state index contributed by atoms with van der Waals surface area (Å²) in [6.45, 7) is 7.60. The Labute approximate surface area is 105 Å². The van der Waals surface area contributed by atoms with E-state index in [0.29, 0.717) is 26.1 Å². The van der Waals surface area contributed by atoms with Gasteiger partial charge in [0.1, 0.15) is 0 Å². The summed E-state index contributed by atoms with van der Waals surface area (Å²) >= 11 is 0. The quantitative estimate of drug-likeness (QED) is 0.544. The number of aliphatic hydroxyl groups excluding tert-OH is 1. The first-order chi connectivity index (χ1) is 7.70. The average molecular weight is 245 g/mol. The average Bonchev–Trinajstić information content (AvgIpc) is 2.08. The summed E-state index contributed by atoms with van der Waals surface area (Å²) in [6.07, 6.45) is 0.0436. The molecule has 0 radical (unpaired) electrons. The number of likely N-dealkylation sites (N-methyl/N-ethyl adjacent to an activating group) is 1. The van der Waals surface area contributed by atoms with Gasteiger partial charge in [-0.3, -0.25) is 4.79 Å². The molecule has 0 rings (SSSR count). The van der Waals surface area contributed by atoms with Crippen molar-refractivity contribution in [3.63, 3.8) is 0 Å². The lowest BCUT2D eigenvalue weighted by Crippen LogP contribution is -2.42. The molecule has 0 spiro atoms. The number of hydrogen-bond acceptors (Lipinski definition) is 4. The smallest absolute Gasteiger partial charge is 0.221 e. The molecular formula is C12H27N3O2. The Morgan fingerprint density at radius 2 is 1.94 bits per heavy atom. The molecule has 3 N–H and O–H groups in total. The van der Waals surface area contributed by atoms with Crippen LogP contribution in [0.5, 0.6) is 0 Å². The number of carbonyl (C=O) groups is 1. The number of nitrogens with zero attached hydrogens (tertiary/aromatic N) is 1. The minimum Gasteiger partial charge on any atom is -0.390 e.